The molecule has 0 spiro atoms. The van der Waals surface area contributed by atoms with Gasteiger partial charge < -0.3 is 9.88 Å². The van der Waals surface area contributed by atoms with E-state index in [1.54, 1.807) is 18.3 Å². The molecule has 4 heteroatoms. The molecule has 1 aliphatic heterocycles. The molecule has 108 valence electrons. The highest BCUT2D eigenvalue weighted by atomic mass is 16.2. The molecule has 1 atom stereocenters. The quantitative estimate of drug-likeness (QED) is 0.920. The lowest BCUT2D eigenvalue weighted by atomic mass is 9.99. The molecule has 1 aliphatic rings. The Morgan fingerprint density at radius 1 is 1.24 bits per heavy atom. The number of aryl methyl sites for hydroxylation is 1. The van der Waals surface area contributed by atoms with E-state index in [-0.39, 0.29) is 23.1 Å². The maximum Gasteiger partial charge on any atom is 0.260 e. The first-order valence-corrected chi connectivity index (χ1v) is 7.22. The van der Waals surface area contributed by atoms with Gasteiger partial charge in [0.25, 0.3) is 11.5 Å². The van der Waals surface area contributed by atoms with E-state index in [2.05, 4.69) is 24.0 Å². The summed E-state index contributed by atoms with van der Waals surface area (Å²) in [6.45, 7) is 2.76. The largest absolute Gasteiger partial charge is 0.331 e. The van der Waals surface area contributed by atoms with Crippen LogP contribution in [0.2, 0.25) is 0 Å². The van der Waals surface area contributed by atoms with E-state index in [1.165, 1.54) is 11.1 Å². The monoisotopic (exact) mass is 282 g/mol. The van der Waals surface area contributed by atoms with Crippen molar-refractivity contribution in [3.8, 4) is 0 Å². The zero-order chi connectivity index (χ0) is 14.8. The van der Waals surface area contributed by atoms with Crippen LogP contribution in [0.4, 0.5) is 0 Å². The Balaban J connectivity index is 1.95. The zero-order valence-electron chi connectivity index (χ0n) is 12.0. The molecule has 1 aromatic heterocycles. The first kappa shape index (κ1) is 13.6. The molecule has 21 heavy (non-hydrogen) atoms. The fourth-order valence-corrected chi connectivity index (χ4v) is 3.04. The van der Waals surface area contributed by atoms with E-state index in [0.29, 0.717) is 6.54 Å². The van der Waals surface area contributed by atoms with Crippen LogP contribution >= 0.6 is 0 Å². The van der Waals surface area contributed by atoms with Gasteiger partial charge in [-0.25, -0.2) is 0 Å². The van der Waals surface area contributed by atoms with Crippen molar-refractivity contribution in [2.75, 3.05) is 6.54 Å². The minimum Gasteiger partial charge on any atom is -0.331 e. The Hall–Kier alpha value is -2.36. The smallest absolute Gasteiger partial charge is 0.260 e. The van der Waals surface area contributed by atoms with Gasteiger partial charge in [-0.1, -0.05) is 24.3 Å². The molecule has 2 aromatic rings. The maximum atomic E-state index is 12.7. The minimum absolute atomic E-state index is 0.0679. The third kappa shape index (κ3) is 2.49. The third-order valence-corrected chi connectivity index (χ3v) is 4.11. The molecular formula is C17H18N2O2. The van der Waals surface area contributed by atoms with Gasteiger partial charge >= 0.3 is 0 Å². The number of likely N-dealkylation sites (tertiary alicyclic amines) is 1. The Kier molecular flexibility index (Phi) is 3.60. The van der Waals surface area contributed by atoms with Crippen LogP contribution in [0.3, 0.4) is 0 Å². The first-order valence-electron chi connectivity index (χ1n) is 7.22. The number of hydrogen-bond acceptors (Lipinski definition) is 2. The lowest BCUT2D eigenvalue weighted by Gasteiger charge is -2.26. The predicted molar refractivity (Wildman–Crippen MR) is 81.3 cm³/mol. The van der Waals surface area contributed by atoms with E-state index >= 15 is 0 Å². The highest BCUT2D eigenvalue weighted by Crippen LogP contribution is 2.34. The van der Waals surface area contributed by atoms with Crippen LogP contribution in [0.25, 0.3) is 0 Å². The molecule has 0 saturated carbocycles. The molecule has 3 rings (SSSR count). The molecule has 0 unspecified atom stereocenters. The van der Waals surface area contributed by atoms with Crippen LogP contribution in [-0.4, -0.2) is 22.3 Å². The summed E-state index contributed by atoms with van der Waals surface area (Å²) < 4.78 is 0. The van der Waals surface area contributed by atoms with Gasteiger partial charge in [0.1, 0.15) is 5.56 Å². The van der Waals surface area contributed by atoms with Crippen molar-refractivity contribution in [2.24, 2.45) is 0 Å². The molecule has 1 aromatic carbocycles. The number of benzene rings is 1. The molecule has 1 amide bonds. The number of hydrogen-bond donors (Lipinski definition) is 1. The average Bonchev–Trinajstić information content (AvgIpc) is 2.97. The van der Waals surface area contributed by atoms with Crippen molar-refractivity contribution in [2.45, 2.75) is 25.8 Å². The van der Waals surface area contributed by atoms with Crippen LogP contribution in [0.15, 0.2) is 47.4 Å². The number of amides is 1. The Morgan fingerprint density at radius 3 is 2.81 bits per heavy atom. The normalized spacial score (nSPS) is 18.0. The first-order chi connectivity index (χ1) is 10.2. The molecule has 1 N–H and O–H groups in total. The van der Waals surface area contributed by atoms with Crippen LogP contribution in [0, 0.1) is 6.92 Å². The van der Waals surface area contributed by atoms with E-state index in [4.69, 9.17) is 0 Å². The van der Waals surface area contributed by atoms with Crippen LogP contribution in [0.1, 0.15) is 40.4 Å². The fraction of sp³-hybridized carbons (Fsp3) is 0.294. The van der Waals surface area contributed by atoms with Crippen molar-refractivity contribution in [1.29, 1.82) is 0 Å². The van der Waals surface area contributed by atoms with Gasteiger partial charge in [-0.3, -0.25) is 9.59 Å². The minimum atomic E-state index is -0.321. The summed E-state index contributed by atoms with van der Waals surface area (Å²) in [7, 11) is 0. The van der Waals surface area contributed by atoms with Gasteiger partial charge in [0.15, 0.2) is 0 Å². The molecule has 4 nitrogen and oxygen atoms in total. The molecule has 2 heterocycles. The number of rotatable bonds is 2. The Morgan fingerprint density at radius 2 is 2.05 bits per heavy atom. The summed E-state index contributed by atoms with van der Waals surface area (Å²) >= 11 is 0. The van der Waals surface area contributed by atoms with Crippen molar-refractivity contribution in [1.82, 2.24) is 9.88 Å². The van der Waals surface area contributed by atoms with E-state index in [0.717, 1.165) is 12.8 Å². The van der Waals surface area contributed by atoms with E-state index in [1.807, 2.05) is 17.0 Å². The molecule has 1 fully saturated rings. The molecule has 0 bridgehead atoms. The van der Waals surface area contributed by atoms with E-state index in [9.17, 15) is 9.59 Å². The molecule has 0 aliphatic carbocycles. The summed E-state index contributed by atoms with van der Waals surface area (Å²) in [6, 6.07) is 11.5. The second-order valence-corrected chi connectivity index (χ2v) is 5.43. The number of aromatic amines is 1. The lowest BCUT2D eigenvalue weighted by Crippen LogP contribution is -2.34. The summed E-state index contributed by atoms with van der Waals surface area (Å²) in [5, 5.41) is 0. The highest BCUT2D eigenvalue weighted by Gasteiger charge is 2.32. The molecule has 0 radical (unpaired) electrons. The van der Waals surface area contributed by atoms with Crippen molar-refractivity contribution >= 4 is 5.91 Å². The van der Waals surface area contributed by atoms with Gasteiger partial charge in [-0.15, -0.1) is 0 Å². The van der Waals surface area contributed by atoms with Gasteiger partial charge in [0.2, 0.25) is 0 Å². The third-order valence-electron chi connectivity index (χ3n) is 4.11. The maximum absolute atomic E-state index is 12.7. The van der Waals surface area contributed by atoms with Gasteiger partial charge in [0.05, 0.1) is 6.04 Å². The second kappa shape index (κ2) is 5.56. The summed E-state index contributed by atoms with van der Waals surface area (Å²) in [4.78, 5) is 28.9. The van der Waals surface area contributed by atoms with Crippen LogP contribution < -0.4 is 5.56 Å². The van der Waals surface area contributed by atoms with Crippen LogP contribution in [-0.2, 0) is 0 Å². The highest BCUT2D eigenvalue weighted by molar-refractivity contribution is 5.94. The van der Waals surface area contributed by atoms with Gasteiger partial charge in [0, 0.05) is 12.7 Å². The number of H-pyrrole nitrogens is 1. The Labute approximate surface area is 123 Å². The van der Waals surface area contributed by atoms with E-state index < -0.39 is 0 Å². The summed E-state index contributed by atoms with van der Waals surface area (Å²) in [5.74, 6) is -0.178. The second-order valence-electron chi connectivity index (χ2n) is 5.43. The number of nitrogens with one attached hydrogen (secondary N) is 1. The molecule has 1 saturated heterocycles. The standard InChI is InChI=1S/C17H18N2O2/c1-12-6-2-3-7-13(12)15-9-5-11-19(15)17(21)14-8-4-10-18-16(14)20/h2-4,6-8,10,15H,5,9,11H2,1H3,(H,18,20)/t15-/m1/s1. The zero-order valence-corrected chi connectivity index (χ0v) is 12.0. The summed E-state index contributed by atoms with van der Waals surface area (Å²) in [5.41, 5.74) is 2.26. The predicted octanol–water partition coefficient (Wildman–Crippen LogP) is 2.66. The van der Waals surface area contributed by atoms with Crippen molar-refractivity contribution in [3.05, 3.63) is 69.6 Å². The number of carbonyl (C=O) groups is 1. The van der Waals surface area contributed by atoms with Gasteiger partial charge in [-0.05, 0) is 43.0 Å². The summed E-state index contributed by atoms with van der Waals surface area (Å²) in [6.07, 6.45) is 3.46. The SMILES string of the molecule is Cc1ccccc1[C@H]1CCCN1C(=O)c1ccc[nH]c1=O. The van der Waals surface area contributed by atoms with Gasteiger partial charge in [-0.2, -0.15) is 0 Å². The van der Waals surface area contributed by atoms with Crippen LogP contribution in [0.5, 0.6) is 0 Å². The number of carbonyl (C=O) groups excluding carboxylic acids is 1. The Bertz CT molecular complexity index is 720. The number of nitrogens with zero attached hydrogens (tertiary/aromatic N) is 1. The average molecular weight is 282 g/mol. The topological polar surface area (TPSA) is 53.2 Å². The lowest BCUT2D eigenvalue weighted by molar-refractivity contribution is 0.0733. The molecular weight excluding hydrogens is 264 g/mol. The number of aromatic nitrogens is 1. The van der Waals surface area contributed by atoms with Crippen molar-refractivity contribution < 1.29 is 4.79 Å². The van der Waals surface area contributed by atoms with Crippen molar-refractivity contribution in [3.63, 3.8) is 0 Å². The number of pyridine rings is 1. The fourth-order valence-electron chi connectivity index (χ4n) is 3.04.